The van der Waals surface area contributed by atoms with Crippen molar-refractivity contribution in [1.82, 2.24) is 0 Å². The third kappa shape index (κ3) is 3.98. The maximum atomic E-state index is 10.5. The highest BCUT2D eigenvalue weighted by atomic mass is 16.5. The van der Waals surface area contributed by atoms with Crippen LogP contribution in [0.5, 0.6) is 17.2 Å². The molecule has 0 heterocycles. The van der Waals surface area contributed by atoms with Gasteiger partial charge in [-0.25, -0.2) is 0 Å². The molecule has 0 unspecified atom stereocenters. The molecule has 0 bridgehead atoms. The van der Waals surface area contributed by atoms with E-state index in [1.54, 1.807) is 0 Å². The Kier molecular flexibility index (Phi) is 5.33. The Hall–Kier alpha value is -1.71. The molecule has 0 spiro atoms. The molecule has 0 saturated carbocycles. The van der Waals surface area contributed by atoms with E-state index in [2.05, 4.69) is 6.92 Å². The largest absolute Gasteiger partial charge is 0.504 e. The van der Waals surface area contributed by atoms with Crippen molar-refractivity contribution in [2.75, 3.05) is 6.61 Å². The number of hydrogen-bond donors (Lipinski definition) is 2. The summed E-state index contributed by atoms with van der Waals surface area (Å²) in [7, 11) is 0. The lowest BCUT2D eigenvalue weighted by Crippen LogP contribution is -1.98. The molecule has 0 aliphatic heterocycles. The zero-order valence-corrected chi connectivity index (χ0v) is 9.98. The predicted octanol–water partition coefficient (Wildman–Crippen LogP) is 2.87. The van der Waals surface area contributed by atoms with Gasteiger partial charge in [0.2, 0.25) is 5.75 Å². The molecule has 4 heteroatoms. The second kappa shape index (κ2) is 6.78. The Morgan fingerprint density at radius 1 is 1.18 bits per heavy atom. The molecule has 0 atom stereocenters. The molecule has 0 saturated heterocycles. The van der Waals surface area contributed by atoms with Gasteiger partial charge in [-0.05, 0) is 18.6 Å². The number of carbonyl (C=O) groups is 1. The maximum absolute atomic E-state index is 10.5. The number of hydrogen-bond acceptors (Lipinski definition) is 4. The van der Waals surface area contributed by atoms with E-state index >= 15 is 0 Å². The molecule has 1 aromatic rings. The Morgan fingerprint density at radius 3 is 2.35 bits per heavy atom. The van der Waals surface area contributed by atoms with Gasteiger partial charge in [0.05, 0.1) is 6.61 Å². The minimum absolute atomic E-state index is 0.0482. The van der Waals surface area contributed by atoms with E-state index in [0.29, 0.717) is 12.9 Å². The average Bonchev–Trinajstić information content (AvgIpc) is 2.31. The molecule has 0 amide bonds. The van der Waals surface area contributed by atoms with Crippen molar-refractivity contribution in [3.63, 3.8) is 0 Å². The van der Waals surface area contributed by atoms with Crippen molar-refractivity contribution in [1.29, 1.82) is 0 Å². The second-order valence-electron chi connectivity index (χ2n) is 3.92. The van der Waals surface area contributed by atoms with E-state index in [1.807, 2.05) is 0 Å². The standard InChI is InChI=1S/C13H18O4/c1-2-3-4-5-6-17-13-11(15)7-10(9-14)8-12(13)16/h7-9,15-16H,2-6H2,1H3. The first kappa shape index (κ1) is 13.4. The molecular weight excluding hydrogens is 220 g/mol. The van der Waals surface area contributed by atoms with Crippen molar-refractivity contribution < 1.29 is 19.7 Å². The molecule has 0 radical (unpaired) electrons. The van der Waals surface area contributed by atoms with Crippen molar-refractivity contribution in [3.05, 3.63) is 17.7 Å². The Balaban J connectivity index is 2.56. The number of phenols is 2. The number of unbranched alkanes of at least 4 members (excludes halogenated alkanes) is 3. The summed E-state index contributed by atoms with van der Waals surface area (Å²) in [6, 6.07) is 2.54. The smallest absolute Gasteiger partial charge is 0.203 e. The van der Waals surface area contributed by atoms with Gasteiger partial charge in [0.15, 0.2) is 11.5 Å². The van der Waals surface area contributed by atoms with E-state index in [9.17, 15) is 15.0 Å². The van der Waals surface area contributed by atoms with Crippen molar-refractivity contribution >= 4 is 6.29 Å². The fourth-order valence-electron chi connectivity index (χ4n) is 1.54. The number of aromatic hydroxyl groups is 2. The van der Waals surface area contributed by atoms with Gasteiger partial charge in [-0.1, -0.05) is 26.2 Å². The fourth-order valence-corrected chi connectivity index (χ4v) is 1.54. The Labute approximate surface area is 101 Å². The fraction of sp³-hybridized carbons (Fsp3) is 0.462. The number of rotatable bonds is 7. The van der Waals surface area contributed by atoms with Crippen LogP contribution >= 0.6 is 0 Å². The lowest BCUT2D eigenvalue weighted by atomic mass is 10.2. The van der Waals surface area contributed by atoms with Crippen LogP contribution in [-0.2, 0) is 0 Å². The second-order valence-corrected chi connectivity index (χ2v) is 3.92. The Morgan fingerprint density at radius 2 is 1.82 bits per heavy atom. The molecule has 94 valence electrons. The van der Waals surface area contributed by atoms with E-state index in [1.165, 1.54) is 12.1 Å². The third-order valence-electron chi connectivity index (χ3n) is 2.45. The number of phenolic OH excluding ortho intramolecular Hbond substituents is 2. The Bertz CT molecular complexity index is 351. The minimum Gasteiger partial charge on any atom is -0.504 e. The average molecular weight is 238 g/mol. The van der Waals surface area contributed by atoms with E-state index in [-0.39, 0.29) is 22.8 Å². The number of benzene rings is 1. The first-order valence-electron chi connectivity index (χ1n) is 5.83. The zero-order valence-electron chi connectivity index (χ0n) is 9.98. The molecule has 0 fully saturated rings. The molecule has 0 aromatic heterocycles. The summed E-state index contributed by atoms with van der Waals surface area (Å²) in [5.41, 5.74) is 0.221. The summed E-state index contributed by atoms with van der Waals surface area (Å²) >= 11 is 0. The molecule has 4 nitrogen and oxygen atoms in total. The van der Waals surface area contributed by atoms with Gasteiger partial charge < -0.3 is 14.9 Å². The number of aldehydes is 1. The van der Waals surface area contributed by atoms with Crippen LogP contribution in [0.1, 0.15) is 43.0 Å². The first-order valence-corrected chi connectivity index (χ1v) is 5.83. The van der Waals surface area contributed by atoms with Crippen molar-refractivity contribution in [2.24, 2.45) is 0 Å². The van der Waals surface area contributed by atoms with Crippen LogP contribution in [0.4, 0.5) is 0 Å². The van der Waals surface area contributed by atoms with Crippen LogP contribution in [-0.4, -0.2) is 23.1 Å². The lowest BCUT2D eigenvalue weighted by molar-refractivity contribution is 0.112. The summed E-state index contributed by atoms with van der Waals surface area (Å²) in [5.74, 6) is -0.364. The van der Waals surface area contributed by atoms with Crippen LogP contribution in [0.3, 0.4) is 0 Å². The van der Waals surface area contributed by atoms with Gasteiger partial charge in [-0.2, -0.15) is 0 Å². The van der Waals surface area contributed by atoms with Crippen LogP contribution in [0.2, 0.25) is 0 Å². The quantitative estimate of drug-likeness (QED) is 0.566. The highest BCUT2D eigenvalue weighted by Crippen LogP contribution is 2.36. The van der Waals surface area contributed by atoms with Crippen molar-refractivity contribution in [2.45, 2.75) is 32.6 Å². The van der Waals surface area contributed by atoms with Crippen LogP contribution in [0, 0.1) is 0 Å². The molecule has 0 aliphatic rings. The van der Waals surface area contributed by atoms with Crippen LogP contribution < -0.4 is 4.74 Å². The summed E-state index contributed by atoms with van der Waals surface area (Å²) in [6.07, 6.45) is 4.78. The zero-order chi connectivity index (χ0) is 12.7. The van der Waals surface area contributed by atoms with Gasteiger partial charge in [0, 0.05) is 5.56 Å². The van der Waals surface area contributed by atoms with Crippen molar-refractivity contribution in [3.8, 4) is 17.2 Å². The van der Waals surface area contributed by atoms with E-state index in [4.69, 9.17) is 4.74 Å². The van der Waals surface area contributed by atoms with E-state index in [0.717, 1.165) is 25.7 Å². The monoisotopic (exact) mass is 238 g/mol. The summed E-state index contributed by atoms with van der Waals surface area (Å²) in [4.78, 5) is 10.5. The summed E-state index contributed by atoms with van der Waals surface area (Å²) in [6.45, 7) is 2.57. The van der Waals surface area contributed by atoms with Crippen LogP contribution in [0.15, 0.2) is 12.1 Å². The third-order valence-corrected chi connectivity index (χ3v) is 2.45. The van der Waals surface area contributed by atoms with Gasteiger partial charge in [0.1, 0.15) is 6.29 Å². The van der Waals surface area contributed by atoms with Gasteiger partial charge in [-0.3, -0.25) is 4.79 Å². The van der Waals surface area contributed by atoms with Crippen LogP contribution in [0.25, 0.3) is 0 Å². The van der Waals surface area contributed by atoms with Gasteiger partial charge >= 0.3 is 0 Å². The highest BCUT2D eigenvalue weighted by molar-refractivity contribution is 5.78. The normalized spacial score (nSPS) is 10.2. The molecule has 1 aromatic carbocycles. The summed E-state index contributed by atoms with van der Waals surface area (Å²) < 4.78 is 5.30. The molecular formula is C13H18O4. The maximum Gasteiger partial charge on any atom is 0.203 e. The topological polar surface area (TPSA) is 66.8 Å². The summed E-state index contributed by atoms with van der Waals surface area (Å²) in [5, 5.41) is 19.1. The van der Waals surface area contributed by atoms with Gasteiger partial charge in [-0.15, -0.1) is 0 Å². The lowest BCUT2D eigenvalue weighted by Gasteiger charge is -2.10. The molecule has 1 rings (SSSR count). The first-order chi connectivity index (χ1) is 8.19. The molecule has 17 heavy (non-hydrogen) atoms. The highest BCUT2D eigenvalue weighted by Gasteiger charge is 2.10. The van der Waals surface area contributed by atoms with Gasteiger partial charge in [0.25, 0.3) is 0 Å². The SMILES string of the molecule is CCCCCCOc1c(O)cc(C=O)cc1O. The van der Waals surface area contributed by atoms with E-state index < -0.39 is 0 Å². The number of ether oxygens (including phenoxy) is 1. The predicted molar refractivity (Wildman–Crippen MR) is 64.8 cm³/mol. The molecule has 2 N–H and O–H groups in total. The number of carbonyl (C=O) groups excluding carboxylic acids is 1. The molecule has 0 aliphatic carbocycles. The minimum atomic E-state index is -0.206.